The Kier molecular flexibility index (Phi) is 5.58. The van der Waals surface area contributed by atoms with E-state index in [0.717, 1.165) is 30.7 Å². The number of nitrogens with one attached hydrogen (secondary N) is 1. The molecule has 2 rings (SSSR count). The lowest BCUT2D eigenvalue weighted by atomic mass is 9.95. The molecule has 2 atom stereocenters. The van der Waals surface area contributed by atoms with E-state index in [1.807, 2.05) is 19.2 Å². The molecule has 1 aromatic rings. The van der Waals surface area contributed by atoms with Crippen LogP contribution in [0.3, 0.4) is 0 Å². The average molecular weight is 312 g/mol. The molecule has 0 saturated carbocycles. The van der Waals surface area contributed by atoms with Gasteiger partial charge in [-0.15, -0.1) is 0 Å². The molecule has 6 heteroatoms. The highest BCUT2D eigenvalue weighted by Gasteiger charge is 2.30. The average Bonchev–Trinajstić information content (AvgIpc) is 2.78. The van der Waals surface area contributed by atoms with Crippen LogP contribution in [0.25, 0.3) is 0 Å². The van der Waals surface area contributed by atoms with Crippen molar-refractivity contribution in [1.29, 1.82) is 0 Å². The van der Waals surface area contributed by atoms with Crippen molar-refractivity contribution in [2.24, 2.45) is 5.92 Å². The van der Waals surface area contributed by atoms with Crippen LogP contribution >= 0.6 is 0 Å². The van der Waals surface area contributed by atoms with Gasteiger partial charge < -0.3 is 10.1 Å². The maximum absolute atomic E-state index is 11.6. The molecule has 5 nitrogen and oxygen atoms in total. The number of nitrogens with zero attached hydrogens (tertiary/aromatic N) is 1. The van der Waals surface area contributed by atoms with E-state index >= 15 is 0 Å². The predicted molar refractivity (Wildman–Crippen MR) is 83.2 cm³/mol. The molecule has 1 aliphatic rings. The minimum Gasteiger partial charge on any atom is -0.492 e. The maximum Gasteiger partial charge on any atom is 0.150 e. The Morgan fingerprint density at radius 2 is 2.24 bits per heavy atom. The Morgan fingerprint density at radius 1 is 1.43 bits per heavy atom. The van der Waals surface area contributed by atoms with Crippen molar-refractivity contribution in [2.75, 3.05) is 24.7 Å². The molecule has 1 saturated heterocycles. The van der Waals surface area contributed by atoms with Crippen molar-refractivity contribution in [1.82, 2.24) is 10.3 Å². The maximum atomic E-state index is 11.6. The van der Waals surface area contributed by atoms with E-state index < -0.39 is 9.84 Å². The van der Waals surface area contributed by atoms with Gasteiger partial charge >= 0.3 is 0 Å². The molecule has 1 aliphatic heterocycles. The molecule has 2 unspecified atom stereocenters. The van der Waals surface area contributed by atoms with Crippen LogP contribution in [0.5, 0.6) is 5.75 Å². The van der Waals surface area contributed by atoms with Gasteiger partial charge in [0, 0.05) is 12.2 Å². The van der Waals surface area contributed by atoms with E-state index in [1.165, 1.54) is 0 Å². The van der Waals surface area contributed by atoms with Gasteiger partial charge in [-0.05, 0) is 43.9 Å². The number of hydrogen-bond acceptors (Lipinski definition) is 5. The summed E-state index contributed by atoms with van der Waals surface area (Å²) in [4.78, 5) is 4.23. The smallest absolute Gasteiger partial charge is 0.150 e. The minimum atomic E-state index is -2.82. The fraction of sp³-hybridized carbons (Fsp3) is 0.667. The third kappa shape index (κ3) is 4.68. The van der Waals surface area contributed by atoms with Gasteiger partial charge in [-0.25, -0.2) is 8.42 Å². The Morgan fingerprint density at radius 3 is 2.86 bits per heavy atom. The van der Waals surface area contributed by atoms with E-state index in [4.69, 9.17) is 4.74 Å². The Labute approximate surface area is 127 Å². The molecule has 0 bridgehead atoms. The molecule has 0 amide bonds. The first kappa shape index (κ1) is 16.2. The SMILES string of the molecule is CCNC(CC1CCS(=O)(=O)C1)c1cncc(OCC)c1. The van der Waals surface area contributed by atoms with Gasteiger partial charge in [-0.2, -0.15) is 0 Å². The molecule has 21 heavy (non-hydrogen) atoms. The number of rotatable bonds is 7. The molecule has 0 spiro atoms. The zero-order chi connectivity index (χ0) is 15.3. The summed E-state index contributed by atoms with van der Waals surface area (Å²) in [5.41, 5.74) is 1.06. The number of aromatic nitrogens is 1. The molecule has 1 aromatic heterocycles. The first-order valence-electron chi connectivity index (χ1n) is 7.55. The molecule has 0 aliphatic carbocycles. The Hall–Kier alpha value is -1.14. The first-order valence-corrected chi connectivity index (χ1v) is 9.37. The van der Waals surface area contributed by atoms with Crippen LogP contribution in [0.1, 0.15) is 38.3 Å². The summed E-state index contributed by atoms with van der Waals surface area (Å²) >= 11 is 0. The minimum absolute atomic E-state index is 0.126. The molecule has 1 N–H and O–H groups in total. The molecular weight excluding hydrogens is 288 g/mol. The van der Waals surface area contributed by atoms with E-state index in [0.29, 0.717) is 18.1 Å². The van der Waals surface area contributed by atoms with Crippen LogP contribution in [-0.2, 0) is 9.84 Å². The molecule has 0 aromatic carbocycles. The zero-order valence-corrected chi connectivity index (χ0v) is 13.5. The molecule has 1 fully saturated rings. The molecule has 0 radical (unpaired) electrons. The van der Waals surface area contributed by atoms with E-state index in [1.54, 1.807) is 6.20 Å². The van der Waals surface area contributed by atoms with Crippen molar-refractivity contribution in [2.45, 2.75) is 32.7 Å². The van der Waals surface area contributed by atoms with Crippen molar-refractivity contribution in [3.05, 3.63) is 24.0 Å². The lowest BCUT2D eigenvalue weighted by Crippen LogP contribution is -2.24. The molecule has 2 heterocycles. The van der Waals surface area contributed by atoms with Gasteiger partial charge in [0.15, 0.2) is 9.84 Å². The largest absolute Gasteiger partial charge is 0.492 e. The Bertz CT molecular complexity index is 560. The first-order chi connectivity index (χ1) is 10.0. The van der Waals surface area contributed by atoms with Gasteiger partial charge in [0.2, 0.25) is 0 Å². The summed E-state index contributed by atoms with van der Waals surface area (Å²) < 4.78 is 28.7. The molecular formula is C15H24N2O3S. The normalized spacial score (nSPS) is 22.1. The zero-order valence-electron chi connectivity index (χ0n) is 12.7. The van der Waals surface area contributed by atoms with Crippen LogP contribution < -0.4 is 10.1 Å². The van der Waals surface area contributed by atoms with Crippen molar-refractivity contribution < 1.29 is 13.2 Å². The summed E-state index contributed by atoms with van der Waals surface area (Å²) in [5, 5.41) is 3.43. The van der Waals surface area contributed by atoms with Crippen LogP contribution in [0.4, 0.5) is 0 Å². The lowest BCUT2D eigenvalue weighted by molar-refractivity contribution is 0.337. The molecule has 118 valence electrons. The van der Waals surface area contributed by atoms with E-state index in [9.17, 15) is 8.42 Å². The van der Waals surface area contributed by atoms with Crippen LogP contribution in [-0.4, -0.2) is 38.1 Å². The predicted octanol–water partition coefficient (Wildman–Crippen LogP) is 1.96. The number of hydrogen-bond donors (Lipinski definition) is 1. The summed E-state index contributed by atoms with van der Waals surface area (Å²) in [7, 11) is -2.82. The summed E-state index contributed by atoms with van der Waals surface area (Å²) in [6.07, 6.45) is 5.13. The quantitative estimate of drug-likeness (QED) is 0.833. The van der Waals surface area contributed by atoms with E-state index in [2.05, 4.69) is 17.2 Å². The highest BCUT2D eigenvalue weighted by Crippen LogP contribution is 2.29. The Balaban J connectivity index is 2.09. The van der Waals surface area contributed by atoms with Gasteiger partial charge in [0.25, 0.3) is 0 Å². The van der Waals surface area contributed by atoms with Gasteiger partial charge in [-0.3, -0.25) is 4.98 Å². The topological polar surface area (TPSA) is 68.3 Å². The third-order valence-corrected chi connectivity index (χ3v) is 5.63. The number of sulfone groups is 1. The fourth-order valence-corrected chi connectivity index (χ4v) is 4.73. The van der Waals surface area contributed by atoms with Gasteiger partial charge in [0.1, 0.15) is 5.75 Å². The van der Waals surface area contributed by atoms with E-state index in [-0.39, 0.29) is 12.0 Å². The third-order valence-electron chi connectivity index (χ3n) is 3.79. The van der Waals surface area contributed by atoms with Gasteiger partial charge in [0.05, 0.1) is 24.3 Å². The second kappa shape index (κ2) is 7.22. The summed E-state index contributed by atoms with van der Waals surface area (Å²) in [6.45, 7) is 5.44. The standard InChI is InChI=1S/C15H24N2O3S/c1-3-17-15(7-12-5-6-21(18,19)11-12)13-8-14(20-4-2)10-16-9-13/h8-10,12,15,17H,3-7,11H2,1-2H3. The second-order valence-electron chi connectivity index (χ2n) is 5.50. The van der Waals surface area contributed by atoms with Gasteiger partial charge in [-0.1, -0.05) is 6.92 Å². The lowest BCUT2D eigenvalue weighted by Gasteiger charge is -2.21. The summed E-state index contributed by atoms with van der Waals surface area (Å²) in [5.74, 6) is 1.63. The fourth-order valence-electron chi connectivity index (χ4n) is 2.85. The van der Waals surface area contributed by atoms with Crippen molar-refractivity contribution in [3.63, 3.8) is 0 Å². The van der Waals surface area contributed by atoms with Crippen LogP contribution in [0, 0.1) is 5.92 Å². The summed E-state index contributed by atoms with van der Waals surface area (Å²) in [6, 6.07) is 2.12. The number of ether oxygens (including phenoxy) is 1. The van der Waals surface area contributed by atoms with Crippen LogP contribution in [0.2, 0.25) is 0 Å². The highest BCUT2D eigenvalue weighted by atomic mass is 32.2. The highest BCUT2D eigenvalue weighted by molar-refractivity contribution is 7.91. The second-order valence-corrected chi connectivity index (χ2v) is 7.73. The van der Waals surface area contributed by atoms with Crippen LogP contribution in [0.15, 0.2) is 18.5 Å². The van der Waals surface area contributed by atoms with Crippen molar-refractivity contribution in [3.8, 4) is 5.75 Å². The van der Waals surface area contributed by atoms with Crippen molar-refractivity contribution >= 4 is 9.84 Å². The monoisotopic (exact) mass is 312 g/mol. The number of pyridine rings is 1.